The zero-order valence-electron chi connectivity index (χ0n) is 15.7. The first kappa shape index (κ1) is 18.8. The highest BCUT2D eigenvalue weighted by Crippen LogP contribution is 2.35. The lowest BCUT2D eigenvalue weighted by molar-refractivity contribution is 0.943. The molecular formula is C21H13ClN6O3. The molecule has 0 unspecified atom stereocenters. The topological polar surface area (TPSA) is 140 Å². The second-order valence-electron chi connectivity index (χ2n) is 6.77. The third-order valence-electron chi connectivity index (χ3n) is 4.90. The van der Waals surface area contributed by atoms with Crippen LogP contribution in [0, 0.1) is 0 Å². The van der Waals surface area contributed by atoms with Crippen molar-refractivity contribution in [3.8, 4) is 16.8 Å². The van der Waals surface area contributed by atoms with Gasteiger partial charge in [-0.05, 0) is 29.8 Å². The van der Waals surface area contributed by atoms with E-state index >= 15 is 0 Å². The Hall–Kier alpha value is -4.24. The molecule has 10 heteroatoms. The molecule has 0 amide bonds. The molecule has 3 heterocycles. The molecule has 0 saturated carbocycles. The van der Waals surface area contributed by atoms with Gasteiger partial charge in [-0.25, -0.2) is 19.1 Å². The Labute approximate surface area is 177 Å². The maximum absolute atomic E-state index is 12.8. The fraction of sp³-hybridized carbons (Fsp3) is 0. The molecule has 4 N–H and O–H groups in total. The molecule has 0 spiro atoms. The summed E-state index contributed by atoms with van der Waals surface area (Å²) in [6, 6.07) is 15.5. The minimum absolute atomic E-state index is 0.00467. The number of hydrogen-bond acceptors (Lipinski definition) is 6. The molecule has 5 rings (SSSR count). The minimum Gasteiger partial charge on any atom is -0.384 e. The Morgan fingerprint density at radius 1 is 0.871 bits per heavy atom. The number of fused-ring (bicyclic) bond motifs is 2. The van der Waals surface area contributed by atoms with Crippen LogP contribution in [0.15, 0.2) is 69.0 Å². The molecule has 3 aromatic heterocycles. The van der Waals surface area contributed by atoms with Crippen molar-refractivity contribution in [2.75, 3.05) is 5.73 Å². The number of benzene rings is 2. The van der Waals surface area contributed by atoms with Gasteiger partial charge in [0, 0.05) is 10.6 Å². The lowest BCUT2D eigenvalue weighted by atomic mass is 9.99. The summed E-state index contributed by atoms with van der Waals surface area (Å²) in [4.78, 5) is 50.4. The number of para-hydroxylation sites is 1. The van der Waals surface area contributed by atoms with Crippen LogP contribution < -0.4 is 22.7 Å². The molecule has 0 aliphatic rings. The molecule has 152 valence electrons. The maximum atomic E-state index is 12.8. The standard InChI is InChI=1S/C21H13ClN6O3/c22-11-8-6-10(7-9-11)13-14-16(23)28(12-4-2-1-3-5-12)21(31)26-17(14)24-18-15(13)19(29)27-20(30)25-18/h1-9H,23H2,(H2,24,25,26,27,29,30,31). The lowest BCUT2D eigenvalue weighted by Gasteiger charge is -2.15. The summed E-state index contributed by atoms with van der Waals surface area (Å²) in [5.41, 5.74) is 5.94. The van der Waals surface area contributed by atoms with Crippen LogP contribution in [0.25, 0.3) is 38.9 Å². The van der Waals surface area contributed by atoms with Gasteiger partial charge < -0.3 is 5.73 Å². The largest absolute Gasteiger partial charge is 0.384 e. The highest BCUT2D eigenvalue weighted by molar-refractivity contribution is 6.30. The van der Waals surface area contributed by atoms with Crippen molar-refractivity contribution in [3.05, 3.63) is 90.9 Å². The van der Waals surface area contributed by atoms with Gasteiger partial charge in [0.1, 0.15) is 11.5 Å². The zero-order valence-corrected chi connectivity index (χ0v) is 16.5. The number of nitrogens with one attached hydrogen (secondary N) is 2. The van der Waals surface area contributed by atoms with Crippen molar-refractivity contribution in [2.45, 2.75) is 0 Å². The number of H-pyrrole nitrogens is 2. The lowest BCUT2D eigenvalue weighted by Crippen LogP contribution is -2.26. The van der Waals surface area contributed by atoms with Gasteiger partial charge in [-0.3, -0.25) is 14.8 Å². The Balaban J connectivity index is 2.05. The van der Waals surface area contributed by atoms with Gasteiger partial charge in [-0.1, -0.05) is 41.9 Å². The van der Waals surface area contributed by atoms with Crippen LogP contribution >= 0.6 is 11.6 Å². The highest BCUT2D eigenvalue weighted by Gasteiger charge is 2.21. The van der Waals surface area contributed by atoms with Gasteiger partial charge in [0.05, 0.1) is 16.5 Å². The molecule has 0 fully saturated rings. The summed E-state index contributed by atoms with van der Waals surface area (Å²) >= 11 is 6.03. The van der Waals surface area contributed by atoms with Crippen molar-refractivity contribution in [2.24, 2.45) is 0 Å². The van der Waals surface area contributed by atoms with Gasteiger partial charge in [-0.15, -0.1) is 0 Å². The molecule has 0 atom stereocenters. The smallest absolute Gasteiger partial charge is 0.355 e. The quantitative estimate of drug-likeness (QED) is 0.365. The van der Waals surface area contributed by atoms with E-state index in [-0.39, 0.29) is 22.5 Å². The van der Waals surface area contributed by atoms with Gasteiger partial charge >= 0.3 is 11.4 Å². The first-order valence-electron chi connectivity index (χ1n) is 9.14. The van der Waals surface area contributed by atoms with Gasteiger partial charge in [0.2, 0.25) is 0 Å². The van der Waals surface area contributed by atoms with Crippen LogP contribution in [0.4, 0.5) is 5.82 Å². The SMILES string of the molecule is Nc1c2c(-c3ccc(Cl)cc3)c3c(=O)[nH]c(=O)[nH]c3nc2nc(=O)n1-c1ccccc1. The van der Waals surface area contributed by atoms with Crippen LogP contribution in [0.2, 0.25) is 5.02 Å². The minimum atomic E-state index is -0.725. The molecule has 9 nitrogen and oxygen atoms in total. The van der Waals surface area contributed by atoms with E-state index in [1.54, 1.807) is 48.5 Å². The van der Waals surface area contributed by atoms with Crippen LogP contribution in [0.5, 0.6) is 0 Å². The molecule has 0 bridgehead atoms. The number of aromatic amines is 2. The van der Waals surface area contributed by atoms with Crippen molar-refractivity contribution in [1.29, 1.82) is 0 Å². The number of hydrogen-bond donors (Lipinski definition) is 3. The van der Waals surface area contributed by atoms with Crippen molar-refractivity contribution in [1.82, 2.24) is 24.5 Å². The number of anilines is 1. The highest BCUT2D eigenvalue weighted by atomic mass is 35.5. The van der Waals surface area contributed by atoms with E-state index < -0.39 is 16.9 Å². The number of halogens is 1. The normalized spacial score (nSPS) is 11.3. The first-order chi connectivity index (χ1) is 14.9. The average molecular weight is 433 g/mol. The fourth-order valence-electron chi connectivity index (χ4n) is 3.60. The predicted octanol–water partition coefficient (Wildman–Crippen LogP) is 2.21. The Morgan fingerprint density at radius 2 is 1.58 bits per heavy atom. The first-order valence-corrected chi connectivity index (χ1v) is 9.52. The van der Waals surface area contributed by atoms with Crippen LogP contribution in [0.1, 0.15) is 0 Å². The molecular weight excluding hydrogens is 420 g/mol. The number of pyridine rings is 1. The number of rotatable bonds is 2. The molecule has 0 aliphatic carbocycles. The number of nitrogen functional groups attached to an aromatic ring is 1. The summed E-state index contributed by atoms with van der Waals surface area (Å²) in [6.45, 7) is 0. The van der Waals surface area contributed by atoms with Crippen molar-refractivity contribution in [3.63, 3.8) is 0 Å². The van der Waals surface area contributed by atoms with Gasteiger partial charge in [0.15, 0.2) is 5.65 Å². The van der Waals surface area contributed by atoms with Gasteiger partial charge in [-0.2, -0.15) is 4.98 Å². The second-order valence-corrected chi connectivity index (χ2v) is 7.21. The molecule has 0 saturated heterocycles. The van der Waals surface area contributed by atoms with Crippen molar-refractivity contribution < 1.29 is 0 Å². The second kappa shape index (κ2) is 6.92. The maximum Gasteiger partial charge on any atom is 0.355 e. The Bertz CT molecular complexity index is 1650. The van der Waals surface area contributed by atoms with E-state index in [2.05, 4.69) is 19.9 Å². The number of nitrogens with two attached hydrogens (primary N) is 1. The predicted molar refractivity (Wildman–Crippen MR) is 119 cm³/mol. The fourth-order valence-corrected chi connectivity index (χ4v) is 3.73. The average Bonchev–Trinajstić information content (AvgIpc) is 2.73. The summed E-state index contributed by atoms with van der Waals surface area (Å²) in [5.74, 6) is 0.0613. The Morgan fingerprint density at radius 3 is 2.29 bits per heavy atom. The molecule has 5 aromatic rings. The summed E-state index contributed by atoms with van der Waals surface area (Å²) in [5, 5.41) is 0.915. The van der Waals surface area contributed by atoms with Crippen LogP contribution in [-0.4, -0.2) is 24.5 Å². The number of aromatic nitrogens is 5. The summed E-state index contributed by atoms with van der Waals surface area (Å²) in [6.07, 6.45) is 0. The van der Waals surface area contributed by atoms with E-state index in [9.17, 15) is 14.4 Å². The molecule has 0 radical (unpaired) electrons. The molecule has 0 aliphatic heterocycles. The van der Waals surface area contributed by atoms with Crippen molar-refractivity contribution >= 4 is 39.5 Å². The third-order valence-corrected chi connectivity index (χ3v) is 5.15. The monoisotopic (exact) mass is 432 g/mol. The number of nitrogens with zero attached hydrogens (tertiary/aromatic N) is 3. The molecule has 31 heavy (non-hydrogen) atoms. The summed E-state index contributed by atoms with van der Waals surface area (Å²) < 4.78 is 1.25. The van der Waals surface area contributed by atoms with E-state index in [4.69, 9.17) is 17.3 Å². The van der Waals surface area contributed by atoms with E-state index in [0.717, 1.165) is 0 Å². The van der Waals surface area contributed by atoms with E-state index in [1.165, 1.54) is 4.57 Å². The molecule has 2 aromatic carbocycles. The van der Waals surface area contributed by atoms with Gasteiger partial charge in [0.25, 0.3) is 5.56 Å². The van der Waals surface area contributed by atoms with Crippen LogP contribution in [0.3, 0.4) is 0 Å². The summed E-state index contributed by atoms with van der Waals surface area (Å²) in [7, 11) is 0. The van der Waals surface area contributed by atoms with E-state index in [0.29, 0.717) is 27.2 Å². The van der Waals surface area contributed by atoms with E-state index in [1.807, 2.05) is 6.07 Å². The Kier molecular flexibility index (Phi) is 4.19. The zero-order chi connectivity index (χ0) is 21.7. The van der Waals surface area contributed by atoms with Crippen LogP contribution in [-0.2, 0) is 0 Å². The third kappa shape index (κ3) is 2.99.